The van der Waals surface area contributed by atoms with E-state index in [0.29, 0.717) is 33.4 Å². The quantitative estimate of drug-likeness (QED) is 0.545. The number of ether oxygens (including phenoxy) is 3. The van der Waals surface area contributed by atoms with Crippen LogP contribution >= 0.6 is 15.9 Å². The average Bonchev–Trinajstić information content (AvgIpc) is 2.70. The number of benzene rings is 2. The van der Waals surface area contributed by atoms with Gasteiger partial charge in [0.1, 0.15) is 5.75 Å². The number of aryl methyl sites for hydroxylation is 1. The Bertz CT molecular complexity index is 1060. The third kappa shape index (κ3) is 4.57. The SMILES string of the molecule is COc1cc(Nc2ncc(Br)c(Oc3ccccc3C(N)=O)n2)cc(C)c1OC. The number of methoxy groups -OCH3 is 2. The van der Waals surface area contributed by atoms with Crippen molar-refractivity contribution in [3.63, 3.8) is 0 Å². The topological polar surface area (TPSA) is 109 Å². The molecule has 0 bridgehead atoms. The maximum absolute atomic E-state index is 11.6. The lowest BCUT2D eigenvalue weighted by Crippen LogP contribution is -2.12. The zero-order valence-electron chi connectivity index (χ0n) is 16.0. The highest BCUT2D eigenvalue weighted by Crippen LogP contribution is 2.35. The van der Waals surface area contributed by atoms with Gasteiger partial charge in [0.05, 0.1) is 30.5 Å². The van der Waals surface area contributed by atoms with E-state index in [1.165, 1.54) is 0 Å². The Hall–Kier alpha value is -3.33. The molecule has 8 nitrogen and oxygen atoms in total. The molecule has 0 unspecified atom stereocenters. The summed E-state index contributed by atoms with van der Waals surface area (Å²) in [5.41, 5.74) is 7.26. The third-order valence-corrected chi connectivity index (χ3v) is 4.54. The minimum absolute atomic E-state index is 0.230. The number of carbonyl (C=O) groups is 1. The van der Waals surface area contributed by atoms with Crippen molar-refractivity contribution >= 4 is 33.5 Å². The zero-order chi connectivity index (χ0) is 21.0. The van der Waals surface area contributed by atoms with Crippen LogP contribution in [0.1, 0.15) is 15.9 Å². The summed E-state index contributed by atoms with van der Waals surface area (Å²) < 4.78 is 17.0. The summed E-state index contributed by atoms with van der Waals surface area (Å²) in [6.45, 7) is 1.91. The van der Waals surface area contributed by atoms with E-state index in [0.717, 1.165) is 5.56 Å². The van der Waals surface area contributed by atoms with E-state index in [9.17, 15) is 4.79 Å². The summed E-state index contributed by atoms with van der Waals surface area (Å²) in [6.07, 6.45) is 1.55. The number of hydrogen-bond acceptors (Lipinski definition) is 7. The predicted molar refractivity (Wildman–Crippen MR) is 112 cm³/mol. The molecule has 9 heteroatoms. The van der Waals surface area contributed by atoms with Crippen LogP contribution in [0.25, 0.3) is 0 Å². The van der Waals surface area contributed by atoms with Crippen LogP contribution in [-0.4, -0.2) is 30.1 Å². The fourth-order valence-corrected chi connectivity index (χ4v) is 2.97. The number of amides is 1. The Labute approximate surface area is 176 Å². The molecule has 29 heavy (non-hydrogen) atoms. The average molecular weight is 459 g/mol. The first kappa shape index (κ1) is 20.4. The summed E-state index contributed by atoms with van der Waals surface area (Å²) in [4.78, 5) is 20.2. The first-order valence-electron chi connectivity index (χ1n) is 8.51. The monoisotopic (exact) mass is 458 g/mol. The highest BCUT2D eigenvalue weighted by molar-refractivity contribution is 9.10. The molecule has 0 fully saturated rings. The molecule has 0 saturated carbocycles. The molecule has 3 N–H and O–H groups in total. The fourth-order valence-electron chi connectivity index (χ4n) is 2.70. The number of aromatic nitrogens is 2. The normalized spacial score (nSPS) is 10.3. The molecular formula is C20H19BrN4O4. The van der Waals surface area contributed by atoms with Gasteiger partial charge in [0, 0.05) is 11.8 Å². The van der Waals surface area contributed by atoms with Gasteiger partial charge in [-0.3, -0.25) is 4.79 Å². The van der Waals surface area contributed by atoms with Crippen LogP contribution in [0.2, 0.25) is 0 Å². The molecule has 150 valence electrons. The second-order valence-electron chi connectivity index (χ2n) is 5.96. The third-order valence-electron chi connectivity index (χ3n) is 3.99. The number of primary amides is 1. The number of carbonyl (C=O) groups excluding carboxylic acids is 1. The van der Waals surface area contributed by atoms with E-state index in [2.05, 4.69) is 31.2 Å². The van der Waals surface area contributed by atoms with Crippen molar-refractivity contribution in [2.24, 2.45) is 5.73 Å². The van der Waals surface area contributed by atoms with Crippen LogP contribution in [0, 0.1) is 6.92 Å². The molecule has 0 aliphatic rings. The van der Waals surface area contributed by atoms with Crippen molar-refractivity contribution in [1.29, 1.82) is 0 Å². The first-order chi connectivity index (χ1) is 13.9. The van der Waals surface area contributed by atoms with Gasteiger partial charge in [-0.2, -0.15) is 4.98 Å². The Morgan fingerprint density at radius 2 is 1.90 bits per heavy atom. The van der Waals surface area contributed by atoms with Gasteiger partial charge in [0.25, 0.3) is 5.91 Å². The summed E-state index contributed by atoms with van der Waals surface area (Å²) in [7, 11) is 3.16. The lowest BCUT2D eigenvalue weighted by atomic mass is 10.2. The second kappa shape index (κ2) is 8.78. The number of para-hydroxylation sites is 1. The molecule has 0 saturated heterocycles. The van der Waals surface area contributed by atoms with E-state index in [-0.39, 0.29) is 11.4 Å². The number of hydrogen-bond donors (Lipinski definition) is 2. The molecule has 0 atom stereocenters. The van der Waals surface area contributed by atoms with Gasteiger partial charge >= 0.3 is 0 Å². The molecule has 2 aromatic carbocycles. The summed E-state index contributed by atoms with van der Waals surface area (Å²) in [6, 6.07) is 10.3. The van der Waals surface area contributed by atoms with Crippen molar-refractivity contribution in [3.8, 4) is 23.1 Å². The molecule has 0 aliphatic heterocycles. The molecule has 0 aliphatic carbocycles. The standard InChI is InChI=1S/C20H19BrN4O4/c1-11-8-12(9-16(27-2)17(11)28-3)24-20-23-10-14(21)19(25-20)29-15-7-5-4-6-13(15)18(22)26/h4-10H,1-3H3,(H2,22,26)(H,23,24,25). The number of anilines is 2. The number of nitrogens with two attached hydrogens (primary N) is 1. The minimum atomic E-state index is -0.593. The Kier molecular flexibility index (Phi) is 6.18. The number of nitrogens with one attached hydrogen (secondary N) is 1. The summed E-state index contributed by atoms with van der Waals surface area (Å²) >= 11 is 3.36. The molecule has 0 radical (unpaired) electrons. The Balaban J connectivity index is 1.91. The van der Waals surface area contributed by atoms with Crippen molar-refractivity contribution in [3.05, 3.63) is 58.2 Å². The van der Waals surface area contributed by atoms with Crippen molar-refractivity contribution in [2.45, 2.75) is 6.92 Å². The summed E-state index contributed by atoms with van der Waals surface area (Å²) in [5.74, 6) is 1.47. The van der Waals surface area contributed by atoms with Crippen LogP contribution in [0.5, 0.6) is 23.1 Å². The largest absolute Gasteiger partial charge is 0.493 e. The highest BCUT2D eigenvalue weighted by atomic mass is 79.9. The van der Waals surface area contributed by atoms with Crippen molar-refractivity contribution < 1.29 is 19.0 Å². The molecule has 1 aromatic heterocycles. The minimum Gasteiger partial charge on any atom is -0.493 e. The lowest BCUT2D eigenvalue weighted by molar-refractivity contribution is 0.0998. The molecule has 1 amide bonds. The fraction of sp³-hybridized carbons (Fsp3) is 0.150. The van der Waals surface area contributed by atoms with Gasteiger partial charge in [0.15, 0.2) is 11.5 Å². The molecule has 3 aromatic rings. The highest BCUT2D eigenvalue weighted by Gasteiger charge is 2.14. The van der Waals surface area contributed by atoms with E-state index < -0.39 is 5.91 Å². The van der Waals surface area contributed by atoms with Gasteiger partial charge in [-0.1, -0.05) is 12.1 Å². The zero-order valence-corrected chi connectivity index (χ0v) is 17.6. The van der Waals surface area contributed by atoms with Crippen molar-refractivity contribution in [1.82, 2.24) is 9.97 Å². The van der Waals surface area contributed by atoms with Crippen LogP contribution < -0.4 is 25.3 Å². The van der Waals surface area contributed by atoms with Gasteiger partial charge < -0.3 is 25.3 Å². The van der Waals surface area contributed by atoms with Crippen LogP contribution in [-0.2, 0) is 0 Å². The van der Waals surface area contributed by atoms with E-state index in [1.807, 2.05) is 13.0 Å². The van der Waals surface area contributed by atoms with Gasteiger partial charge in [0.2, 0.25) is 11.8 Å². The molecule has 1 heterocycles. The van der Waals surface area contributed by atoms with Gasteiger partial charge in [-0.05, 0) is 46.6 Å². The van der Waals surface area contributed by atoms with Crippen LogP contribution in [0.3, 0.4) is 0 Å². The smallest absolute Gasteiger partial charge is 0.252 e. The summed E-state index contributed by atoms with van der Waals surface area (Å²) in [5, 5.41) is 3.11. The van der Waals surface area contributed by atoms with E-state index in [4.69, 9.17) is 19.9 Å². The van der Waals surface area contributed by atoms with Gasteiger partial charge in [-0.15, -0.1) is 0 Å². The maximum atomic E-state index is 11.6. The Morgan fingerprint density at radius 3 is 2.59 bits per heavy atom. The van der Waals surface area contributed by atoms with Gasteiger partial charge in [-0.25, -0.2) is 4.98 Å². The van der Waals surface area contributed by atoms with Crippen LogP contribution in [0.15, 0.2) is 47.1 Å². The lowest BCUT2D eigenvalue weighted by Gasteiger charge is -2.14. The number of halogens is 1. The second-order valence-corrected chi connectivity index (χ2v) is 6.82. The number of rotatable bonds is 7. The maximum Gasteiger partial charge on any atom is 0.252 e. The molecule has 3 rings (SSSR count). The molecule has 0 spiro atoms. The Morgan fingerprint density at radius 1 is 1.14 bits per heavy atom. The van der Waals surface area contributed by atoms with Crippen molar-refractivity contribution in [2.75, 3.05) is 19.5 Å². The van der Waals surface area contributed by atoms with E-state index in [1.54, 1.807) is 50.7 Å². The van der Waals surface area contributed by atoms with E-state index >= 15 is 0 Å². The first-order valence-corrected chi connectivity index (χ1v) is 9.31. The predicted octanol–water partition coefficient (Wildman–Crippen LogP) is 4.20. The molecular weight excluding hydrogens is 440 g/mol. The van der Waals surface area contributed by atoms with Crippen LogP contribution in [0.4, 0.5) is 11.6 Å². The number of nitrogens with zero attached hydrogens (tertiary/aromatic N) is 2.